The number of carbonyl (C=O) groups is 1. The van der Waals surface area contributed by atoms with Crippen molar-refractivity contribution in [2.24, 2.45) is 0 Å². The van der Waals surface area contributed by atoms with E-state index in [2.05, 4.69) is 38.8 Å². The van der Waals surface area contributed by atoms with Gasteiger partial charge in [-0.2, -0.15) is 0 Å². The van der Waals surface area contributed by atoms with E-state index in [1.807, 2.05) is 22.6 Å². The van der Waals surface area contributed by atoms with Crippen molar-refractivity contribution in [1.29, 1.82) is 0 Å². The van der Waals surface area contributed by atoms with Crippen LogP contribution in [0.25, 0.3) is 0 Å². The Labute approximate surface area is 172 Å². The number of aromatic amines is 1. The van der Waals surface area contributed by atoms with Gasteiger partial charge in [-0.1, -0.05) is 20.8 Å². The lowest BCUT2D eigenvalue weighted by Gasteiger charge is -2.37. The Kier molecular flexibility index (Phi) is 6.75. The fourth-order valence-electron chi connectivity index (χ4n) is 2.54. The van der Waals surface area contributed by atoms with Gasteiger partial charge in [0.15, 0.2) is 8.32 Å². The molecular weight excluding hydrogens is 483 g/mol. The summed E-state index contributed by atoms with van der Waals surface area (Å²) < 4.78 is 19.3. The van der Waals surface area contributed by atoms with Crippen molar-refractivity contribution in [3.8, 4) is 0 Å². The van der Waals surface area contributed by atoms with E-state index in [0.29, 0.717) is 9.99 Å². The van der Waals surface area contributed by atoms with Crippen molar-refractivity contribution in [3.63, 3.8) is 0 Å². The van der Waals surface area contributed by atoms with Crippen molar-refractivity contribution in [2.75, 3.05) is 6.61 Å². The maximum atomic E-state index is 12.2. The highest BCUT2D eigenvalue weighted by Gasteiger charge is 2.43. The van der Waals surface area contributed by atoms with Crippen LogP contribution in [0.4, 0.5) is 0 Å². The van der Waals surface area contributed by atoms with Crippen LogP contribution < -0.4 is 11.2 Å². The third kappa shape index (κ3) is 5.30. The molecule has 0 radical (unpaired) electrons. The number of halogens is 1. The number of ether oxygens (including phenoxy) is 2. The van der Waals surface area contributed by atoms with E-state index in [-0.39, 0.29) is 11.6 Å². The average molecular weight is 510 g/mol. The summed E-state index contributed by atoms with van der Waals surface area (Å²) in [5.41, 5.74) is -0.998. The van der Waals surface area contributed by atoms with Crippen molar-refractivity contribution in [3.05, 3.63) is 30.6 Å². The van der Waals surface area contributed by atoms with Crippen LogP contribution in [0.2, 0.25) is 18.1 Å². The molecule has 8 nitrogen and oxygen atoms in total. The first-order valence-electron chi connectivity index (χ1n) is 8.79. The van der Waals surface area contributed by atoms with E-state index in [1.165, 1.54) is 17.7 Å². The molecule has 27 heavy (non-hydrogen) atoms. The number of carbonyl (C=O) groups excluding carboxylic acids is 1. The first kappa shape index (κ1) is 22.3. The molecule has 0 spiro atoms. The first-order valence-corrected chi connectivity index (χ1v) is 12.8. The molecule has 152 valence electrons. The van der Waals surface area contributed by atoms with Gasteiger partial charge in [0.2, 0.25) is 0 Å². The van der Waals surface area contributed by atoms with Crippen LogP contribution in [-0.2, 0) is 18.7 Å². The zero-order chi connectivity index (χ0) is 20.6. The molecule has 2 rings (SSSR count). The molecule has 10 heteroatoms. The fourth-order valence-corrected chi connectivity index (χ4v) is 3.99. The van der Waals surface area contributed by atoms with Gasteiger partial charge in [0, 0.05) is 19.5 Å². The summed E-state index contributed by atoms with van der Waals surface area (Å²) in [6.45, 7) is 12.3. The molecule has 1 N–H and O–H groups in total. The van der Waals surface area contributed by atoms with Crippen LogP contribution in [0.5, 0.6) is 0 Å². The highest BCUT2D eigenvalue weighted by atomic mass is 127. The number of hydrogen-bond acceptors (Lipinski definition) is 6. The van der Waals surface area contributed by atoms with E-state index in [1.54, 1.807) is 0 Å². The van der Waals surface area contributed by atoms with E-state index in [0.717, 1.165) is 0 Å². The average Bonchev–Trinajstić information content (AvgIpc) is 2.89. The van der Waals surface area contributed by atoms with E-state index < -0.39 is 44.0 Å². The van der Waals surface area contributed by atoms with Gasteiger partial charge in [0.1, 0.15) is 18.4 Å². The predicted molar refractivity (Wildman–Crippen MR) is 111 cm³/mol. The number of H-pyrrole nitrogens is 1. The number of rotatable bonds is 5. The third-order valence-electron chi connectivity index (χ3n) is 5.15. The molecule has 1 aliphatic heterocycles. The molecule has 0 aromatic carbocycles. The number of hydrogen-bond donors (Lipinski definition) is 1. The molecule has 1 aromatic heterocycles. The zero-order valence-electron chi connectivity index (χ0n) is 16.5. The van der Waals surface area contributed by atoms with Gasteiger partial charge in [0.05, 0.1) is 10.2 Å². The molecule has 0 unspecified atom stereocenters. The predicted octanol–water partition coefficient (Wildman–Crippen LogP) is 2.38. The Morgan fingerprint density at radius 3 is 2.59 bits per heavy atom. The second-order valence-electron chi connectivity index (χ2n) is 8.23. The van der Waals surface area contributed by atoms with E-state index >= 15 is 0 Å². The summed E-state index contributed by atoms with van der Waals surface area (Å²) in [7, 11) is -2.01. The summed E-state index contributed by atoms with van der Waals surface area (Å²) in [6, 6.07) is 0. The molecule has 0 bridgehead atoms. The Bertz CT molecular complexity index is 813. The standard InChI is InChI=1S/C17H27IN2O6Si/c1-10(21)25-12-7-14(20-8-11(18)15(22)19-16(20)23)26-13(12)9-24-27(5,6)17(2,3)4/h8,12-14H,7,9H2,1-6H3,(H,19,22,23)/t12-,13-,14-/m1/s1. The molecule has 0 amide bonds. The van der Waals surface area contributed by atoms with Crippen molar-refractivity contribution >= 4 is 36.9 Å². The Hall–Kier alpha value is -0.983. The van der Waals surface area contributed by atoms with Gasteiger partial charge in [0.25, 0.3) is 5.56 Å². The number of nitrogens with zero attached hydrogens (tertiary/aromatic N) is 1. The maximum Gasteiger partial charge on any atom is 0.330 e. The SMILES string of the molecule is CC(=O)O[C@@H]1C[C@H](n2cc(I)c(=O)[nH]c2=O)O[C@@H]1CO[Si](C)(C)C(C)(C)C. The topological polar surface area (TPSA) is 99.6 Å². The van der Waals surface area contributed by atoms with Gasteiger partial charge < -0.3 is 13.9 Å². The second-order valence-corrected chi connectivity index (χ2v) is 14.2. The number of nitrogens with one attached hydrogen (secondary N) is 1. The smallest absolute Gasteiger partial charge is 0.330 e. The number of esters is 1. The monoisotopic (exact) mass is 510 g/mol. The minimum atomic E-state index is -2.01. The normalized spacial score (nSPS) is 23.4. The van der Waals surface area contributed by atoms with Crippen LogP contribution in [0.15, 0.2) is 15.8 Å². The molecule has 1 aliphatic rings. The molecular formula is C17H27IN2O6Si. The fraction of sp³-hybridized carbons (Fsp3) is 0.706. The van der Waals surface area contributed by atoms with Gasteiger partial charge >= 0.3 is 11.7 Å². The minimum absolute atomic E-state index is 0.0356. The summed E-state index contributed by atoms with van der Waals surface area (Å²) in [6.07, 6.45) is 0.125. The van der Waals surface area contributed by atoms with Crippen LogP contribution in [0.1, 0.15) is 40.3 Å². The maximum absolute atomic E-state index is 12.2. The molecule has 1 saturated heterocycles. The Morgan fingerprint density at radius 1 is 1.41 bits per heavy atom. The van der Waals surface area contributed by atoms with Crippen LogP contribution in [0.3, 0.4) is 0 Å². The summed E-state index contributed by atoms with van der Waals surface area (Å²) >= 11 is 1.86. The van der Waals surface area contributed by atoms with Crippen molar-refractivity contribution in [1.82, 2.24) is 9.55 Å². The summed E-state index contributed by atoms with van der Waals surface area (Å²) in [5, 5.41) is 0.0356. The van der Waals surface area contributed by atoms with Gasteiger partial charge in [-0.25, -0.2) is 4.79 Å². The lowest BCUT2D eigenvalue weighted by molar-refractivity contribution is -0.150. The van der Waals surface area contributed by atoms with Crippen LogP contribution in [-0.4, -0.2) is 42.7 Å². The quantitative estimate of drug-likeness (QED) is 0.371. The molecule has 1 aromatic rings. The van der Waals surface area contributed by atoms with E-state index in [4.69, 9.17) is 13.9 Å². The Balaban J connectivity index is 2.21. The minimum Gasteiger partial charge on any atom is -0.460 e. The van der Waals surface area contributed by atoms with Crippen molar-refractivity contribution < 1.29 is 18.7 Å². The lowest BCUT2D eigenvalue weighted by atomic mass is 10.2. The highest BCUT2D eigenvalue weighted by Crippen LogP contribution is 2.38. The molecule has 2 heterocycles. The van der Waals surface area contributed by atoms with Gasteiger partial charge in [-0.05, 0) is 40.7 Å². The van der Waals surface area contributed by atoms with E-state index in [9.17, 15) is 14.4 Å². The largest absolute Gasteiger partial charge is 0.460 e. The van der Waals surface area contributed by atoms with Crippen LogP contribution >= 0.6 is 22.6 Å². The molecule has 0 saturated carbocycles. The second kappa shape index (κ2) is 8.17. The van der Waals surface area contributed by atoms with Gasteiger partial charge in [-0.15, -0.1) is 0 Å². The summed E-state index contributed by atoms with van der Waals surface area (Å²) in [4.78, 5) is 37.5. The lowest BCUT2D eigenvalue weighted by Crippen LogP contribution is -2.44. The third-order valence-corrected chi connectivity index (χ3v) is 10.4. The van der Waals surface area contributed by atoms with Gasteiger partial charge in [-0.3, -0.25) is 19.1 Å². The number of aromatic nitrogens is 2. The first-order chi connectivity index (χ1) is 12.3. The molecule has 1 fully saturated rings. The van der Waals surface area contributed by atoms with Crippen molar-refractivity contribution in [2.45, 2.75) is 70.7 Å². The summed E-state index contributed by atoms with van der Waals surface area (Å²) in [5.74, 6) is -0.412. The molecule has 0 aliphatic carbocycles. The zero-order valence-corrected chi connectivity index (χ0v) is 19.7. The highest BCUT2D eigenvalue weighted by molar-refractivity contribution is 14.1. The molecule has 3 atom stereocenters. The Morgan fingerprint density at radius 2 is 2.04 bits per heavy atom. The van der Waals surface area contributed by atoms with Crippen LogP contribution in [0, 0.1) is 3.57 Å².